The van der Waals surface area contributed by atoms with Gasteiger partial charge in [0.05, 0.1) is 5.92 Å². The summed E-state index contributed by atoms with van der Waals surface area (Å²) in [6.45, 7) is 4.08. The van der Waals surface area contributed by atoms with Crippen molar-refractivity contribution in [2.75, 3.05) is 13.6 Å². The first-order valence-electron chi connectivity index (χ1n) is 5.71. The standard InChI is InChI=1S/C13H17BrFNO2/c1-8(13(17)18)7-16(3)9(2)11-5-4-10(15)6-12(11)14/h4-6,8-9H,7H2,1-3H3,(H,17,18). The van der Waals surface area contributed by atoms with E-state index >= 15 is 0 Å². The Morgan fingerprint density at radius 3 is 2.61 bits per heavy atom. The quantitative estimate of drug-likeness (QED) is 0.905. The topological polar surface area (TPSA) is 40.5 Å². The Labute approximate surface area is 115 Å². The van der Waals surface area contributed by atoms with Crippen LogP contribution in [0.4, 0.5) is 4.39 Å². The first-order valence-corrected chi connectivity index (χ1v) is 6.50. The van der Waals surface area contributed by atoms with Crippen molar-refractivity contribution in [2.45, 2.75) is 19.9 Å². The van der Waals surface area contributed by atoms with Crippen molar-refractivity contribution >= 4 is 21.9 Å². The van der Waals surface area contributed by atoms with E-state index in [4.69, 9.17) is 5.11 Å². The molecular formula is C13H17BrFNO2. The predicted molar refractivity (Wildman–Crippen MR) is 71.9 cm³/mol. The molecule has 0 saturated heterocycles. The van der Waals surface area contributed by atoms with Gasteiger partial charge in [0.15, 0.2) is 0 Å². The number of carbonyl (C=O) groups is 1. The van der Waals surface area contributed by atoms with Crippen LogP contribution in [0.25, 0.3) is 0 Å². The largest absolute Gasteiger partial charge is 0.481 e. The molecule has 0 aliphatic heterocycles. The van der Waals surface area contributed by atoms with Gasteiger partial charge in [0.25, 0.3) is 0 Å². The lowest BCUT2D eigenvalue weighted by molar-refractivity contribution is -0.141. The highest BCUT2D eigenvalue weighted by atomic mass is 79.9. The molecule has 1 aromatic carbocycles. The number of aliphatic carboxylic acids is 1. The Morgan fingerprint density at radius 1 is 1.50 bits per heavy atom. The van der Waals surface area contributed by atoms with Crippen LogP contribution in [0.2, 0.25) is 0 Å². The second-order valence-corrected chi connectivity index (χ2v) is 5.38. The maximum atomic E-state index is 13.0. The zero-order valence-electron chi connectivity index (χ0n) is 10.7. The number of halogens is 2. The Hall–Kier alpha value is -0.940. The van der Waals surface area contributed by atoms with E-state index in [1.54, 1.807) is 13.0 Å². The van der Waals surface area contributed by atoms with Crippen molar-refractivity contribution in [3.63, 3.8) is 0 Å². The second-order valence-electron chi connectivity index (χ2n) is 4.52. The molecule has 5 heteroatoms. The number of hydrogen-bond donors (Lipinski definition) is 1. The van der Waals surface area contributed by atoms with Gasteiger partial charge in [-0.2, -0.15) is 0 Å². The van der Waals surface area contributed by atoms with Crippen LogP contribution < -0.4 is 0 Å². The lowest BCUT2D eigenvalue weighted by Crippen LogP contribution is -2.31. The fourth-order valence-corrected chi connectivity index (χ4v) is 2.43. The number of hydrogen-bond acceptors (Lipinski definition) is 2. The van der Waals surface area contributed by atoms with Gasteiger partial charge < -0.3 is 5.11 Å². The molecule has 0 amide bonds. The van der Waals surface area contributed by atoms with E-state index in [0.29, 0.717) is 11.0 Å². The molecule has 0 saturated carbocycles. The van der Waals surface area contributed by atoms with Crippen molar-refractivity contribution in [3.8, 4) is 0 Å². The highest BCUT2D eigenvalue weighted by Crippen LogP contribution is 2.27. The van der Waals surface area contributed by atoms with E-state index in [-0.39, 0.29) is 11.9 Å². The fraction of sp³-hybridized carbons (Fsp3) is 0.462. The van der Waals surface area contributed by atoms with Gasteiger partial charge in [-0.3, -0.25) is 9.69 Å². The highest BCUT2D eigenvalue weighted by Gasteiger charge is 2.19. The minimum absolute atomic E-state index is 0.0155. The number of carboxylic acid groups (broad SMARTS) is 1. The molecule has 2 unspecified atom stereocenters. The van der Waals surface area contributed by atoms with Crippen molar-refractivity contribution < 1.29 is 14.3 Å². The third kappa shape index (κ3) is 3.78. The SMILES string of the molecule is CC(CN(C)C(C)c1ccc(F)cc1Br)C(=O)O. The molecule has 1 N–H and O–H groups in total. The van der Waals surface area contributed by atoms with Crippen molar-refractivity contribution in [3.05, 3.63) is 34.1 Å². The van der Waals surface area contributed by atoms with Gasteiger partial charge in [0.1, 0.15) is 5.82 Å². The van der Waals surface area contributed by atoms with Gasteiger partial charge in [-0.15, -0.1) is 0 Å². The predicted octanol–water partition coefficient (Wildman–Crippen LogP) is 3.30. The van der Waals surface area contributed by atoms with Crippen molar-refractivity contribution in [1.82, 2.24) is 4.90 Å². The highest BCUT2D eigenvalue weighted by molar-refractivity contribution is 9.10. The van der Waals surface area contributed by atoms with Crippen LogP contribution in [0, 0.1) is 11.7 Å². The smallest absolute Gasteiger partial charge is 0.307 e. The number of benzene rings is 1. The average Bonchev–Trinajstić information content (AvgIpc) is 2.27. The van der Waals surface area contributed by atoms with Crippen LogP contribution in [0.15, 0.2) is 22.7 Å². The molecule has 0 fully saturated rings. The summed E-state index contributed by atoms with van der Waals surface area (Å²) in [6, 6.07) is 4.55. The van der Waals surface area contributed by atoms with Crippen LogP contribution in [0.1, 0.15) is 25.5 Å². The van der Waals surface area contributed by atoms with E-state index in [1.807, 2.05) is 18.9 Å². The normalized spacial score (nSPS) is 14.6. The Bertz CT molecular complexity index is 439. The van der Waals surface area contributed by atoms with Crippen LogP contribution in [-0.2, 0) is 4.79 Å². The average molecular weight is 318 g/mol. The maximum absolute atomic E-state index is 13.0. The summed E-state index contributed by atoms with van der Waals surface area (Å²) in [5.41, 5.74) is 0.941. The summed E-state index contributed by atoms with van der Waals surface area (Å²) in [5, 5.41) is 8.89. The molecule has 0 aliphatic carbocycles. The van der Waals surface area contributed by atoms with E-state index in [1.165, 1.54) is 12.1 Å². The van der Waals surface area contributed by atoms with Gasteiger partial charge in [-0.05, 0) is 31.7 Å². The molecule has 0 aliphatic rings. The molecule has 2 atom stereocenters. The molecule has 18 heavy (non-hydrogen) atoms. The third-order valence-corrected chi connectivity index (χ3v) is 3.74. The zero-order chi connectivity index (χ0) is 13.9. The maximum Gasteiger partial charge on any atom is 0.307 e. The monoisotopic (exact) mass is 317 g/mol. The van der Waals surface area contributed by atoms with E-state index < -0.39 is 11.9 Å². The summed E-state index contributed by atoms with van der Waals surface area (Å²) in [6.07, 6.45) is 0. The van der Waals surface area contributed by atoms with Crippen LogP contribution >= 0.6 is 15.9 Å². The first-order chi connectivity index (χ1) is 8.32. The van der Waals surface area contributed by atoms with Gasteiger partial charge in [0.2, 0.25) is 0 Å². The molecule has 0 spiro atoms. The van der Waals surface area contributed by atoms with Crippen LogP contribution in [0.5, 0.6) is 0 Å². The first kappa shape index (κ1) is 15.1. The molecule has 0 aromatic heterocycles. The summed E-state index contributed by atoms with van der Waals surface area (Å²) in [4.78, 5) is 12.8. The Kier molecular flexibility index (Phi) is 5.28. The Balaban J connectivity index is 2.80. The molecule has 100 valence electrons. The number of carboxylic acids is 1. The molecule has 1 aromatic rings. The third-order valence-electron chi connectivity index (χ3n) is 3.06. The van der Waals surface area contributed by atoms with Crippen molar-refractivity contribution in [1.29, 1.82) is 0 Å². The van der Waals surface area contributed by atoms with Crippen molar-refractivity contribution in [2.24, 2.45) is 5.92 Å². The number of rotatable bonds is 5. The van der Waals surface area contributed by atoms with E-state index in [9.17, 15) is 9.18 Å². The van der Waals surface area contributed by atoms with Gasteiger partial charge in [0, 0.05) is 17.1 Å². The van der Waals surface area contributed by atoms with E-state index in [2.05, 4.69) is 15.9 Å². The summed E-state index contributed by atoms with van der Waals surface area (Å²) in [5.74, 6) is -1.54. The summed E-state index contributed by atoms with van der Waals surface area (Å²) in [7, 11) is 1.86. The van der Waals surface area contributed by atoms with Gasteiger partial charge in [-0.25, -0.2) is 4.39 Å². The minimum Gasteiger partial charge on any atom is -0.481 e. The van der Waals surface area contributed by atoms with E-state index in [0.717, 1.165) is 5.56 Å². The fourth-order valence-electron chi connectivity index (χ4n) is 1.75. The summed E-state index contributed by atoms with van der Waals surface area (Å²) < 4.78 is 13.7. The molecule has 0 bridgehead atoms. The minimum atomic E-state index is -0.813. The molecule has 1 rings (SSSR count). The number of nitrogens with zero attached hydrogens (tertiary/aromatic N) is 1. The molecule has 0 radical (unpaired) electrons. The van der Waals surface area contributed by atoms with Crippen LogP contribution in [-0.4, -0.2) is 29.6 Å². The molecular weight excluding hydrogens is 301 g/mol. The lowest BCUT2D eigenvalue weighted by Gasteiger charge is -2.27. The van der Waals surface area contributed by atoms with Gasteiger partial charge in [-0.1, -0.05) is 28.9 Å². The molecule has 0 heterocycles. The second kappa shape index (κ2) is 6.29. The van der Waals surface area contributed by atoms with Crippen LogP contribution in [0.3, 0.4) is 0 Å². The zero-order valence-corrected chi connectivity index (χ0v) is 12.2. The van der Waals surface area contributed by atoms with Gasteiger partial charge >= 0.3 is 5.97 Å². The molecule has 3 nitrogen and oxygen atoms in total. The lowest BCUT2D eigenvalue weighted by atomic mass is 10.1. The summed E-state index contributed by atoms with van der Waals surface area (Å²) >= 11 is 3.33. The Morgan fingerprint density at radius 2 is 2.11 bits per heavy atom.